The minimum Gasteiger partial charge on any atom is -0.369 e. The number of likely N-dealkylation sites (N-methyl/N-ethyl adjacent to an activating group) is 1. The van der Waals surface area contributed by atoms with Gasteiger partial charge in [0.05, 0.1) is 5.75 Å². The minimum atomic E-state index is 0.0363. The molecule has 1 aromatic rings. The van der Waals surface area contributed by atoms with Crippen LogP contribution in [0.25, 0.3) is 0 Å². The second-order valence-electron chi connectivity index (χ2n) is 5.19. The van der Waals surface area contributed by atoms with E-state index < -0.39 is 0 Å². The fourth-order valence-corrected chi connectivity index (χ4v) is 2.79. The van der Waals surface area contributed by atoms with Crippen molar-refractivity contribution in [3.8, 4) is 0 Å². The summed E-state index contributed by atoms with van der Waals surface area (Å²) in [7, 11) is 2.15. The number of nitrogens with one attached hydrogen (secondary N) is 1. The molecule has 21 heavy (non-hydrogen) atoms. The number of carbonyl (C=O) groups is 1. The van der Waals surface area contributed by atoms with E-state index in [-0.39, 0.29) is 5.91 Å². The fourth-order valence-electron chi connectivity index (χ4n) is 2.25. The lowest BCUT2D eigenvalue weighted by atomic mass is 10.2. The molecule has 1 aromatic carbocycles. The van der Waals surface area contributed by atoms with Crippen LogP contribution in [-0.4, -0.2) is 55.5 Å². The maximum absolute atomic E-state index is 11.7. The largest absolute Gasteiger partial charge is 0.369 e. The Morgan fingerprint density at radius 1 is 1.29 bits per heavy atom. The molecule has 1 N–H and O–H groups in total. The van der Waals surface area contributed by atoms with Crippen LogP contribution in [-0.2, 0) is 4.79 Å². The van der Waals surface area contributed by atoms with Gasteiger partial charge in [-0.05, 0) is 31.3 Å². The van der Waals surface area contributed by atoms with Crippen molar-refractivity contribution in [2.75, 3.05) is 54.9 Å². The number of hydrogen-bond acceptors (Lipinski definition) is 4. The van der Waals surface area contributed by atoms with Crippen LogP contribution in [0.3, 0.4) is 0 Å². The Hall–Kier alpha value is -1.46. The minimum absolute atomic E-state index is 0.0363. The lowest BCUT2D eigenvalue weighted by molar-refractivity contribution is -0.113. The van der Waals surface area contributed by atoms with E-state index in [1.807, 2.05) is 18.2 Å². The molecule has 4 nitrogen and oxygen atoms in total. The molecule has 0 unspecified atom stereocenters. The monoisotopic (exact) mass is 305 g/mol. The molecule has 1 fully saturated rings. The molecule has 2 rings (SSSR count). The Labute approximate surface area is 131 Å². The van der Waals surface area contributed by atoms with Crippen molar-refractivity contribution < 1.29 is 4.79 Å². The highest BCUT2D eigenvalue weighted by Crippen LogP contribution is 2.19. The predicted octanol–water partition coefficient (Wildman–Crippen LogP) is 2.30. The molecule has 5 heteroatoms. The average molecular weight is 305 g/mol. The standard InChI is InChI=1S/C16H23N3OS/c1-3-12-21-13-16(20)17-14-4-6-15(7-5-14)19-10-8-18(2)9-11-19/h3-7H,1,8-13H2,2H3,(H,17,20). The summed E-state index contributed by atoms with van der Waals surface area (Å²) < 4.78 is 0. The van der Waals surface area contributed by atoms with Gasteiger partial charge in [-0.1, -0.05) is 6.08 Å². The molecule has 0 saturated carbocycles. The predicted molar refractivity (Wildman–Crippen MR) is 92.3 cm³/mol. The molecule has 114 valence electrons. The molecule has 1 aliphatic heterocycles. The Bertz CT molecular complexity index is 467. The van der Waals surface area contributed by atoms with Gasteiger partial charge in [-0.2, -0.15) is 0 Å². The van der Waals surface area contributed by atoms with Crippen LogP contribution in [0.2, 0.25) is 0 Å². The van der Waals surface area contributed by atoms with Crippen molar-refractivity contribution in [3.63, 3.8) is 0 Å². The van der Waals surface area contributed by atoms with Crippen molar-refractivity contribution in [3.05, 3.63) is 36.9 Å². The van der Waals surface area contributed by atoms with Gasteiger partial charge in [0.15, 0.2) is 0 Å². The Morgan fingerprint density at radius 3 is 2.57 bits per heavy atom. The molecule has 0 aliphatic carbocycles. The van der Waals surface area contributed by atoms with E-state index in [4.69, 9.17) is 0 Å². The first-order valence-corrected chi connectivity index (χ1v) is 8.36. The van der Waals surface area contributed by atoms with Gasteiger partial charge in [-0.25, -0.2) is 0 Å². The van der Waals surface area contributed by atoms with Gasteiger partial charge in [0.1, 0.15) is 0 Å². The Morgan fingerprint density at radius 2 is 1.95 bits per heavy atom. The molecule has 1 amide bonds. The Kier molecular flexibility index (Phi) is 6.14. The number of amides is 1. The van der Waals surface area contributed by atoms with Crippen molar-refractivity contribution >= 4 is 29.0 Å². The van der Waals surface area contributed by atoms with E-state index in [1.165, 1.54) is 5.69 Å². The van der Waals surface area contributed by atoms with Gasteiger partial charge in [-0.3, -0.25) is 4.79 Å². The van der Waals surface area contributed by atoms with E-state index in [0.717, 1.165) is 37.6 Å². The lowest BCUT2D eigenvalue weighted by Gasteiger charge is -2.34. The highest BCUT2D eigenvalue weighted by molar-refractivity contribution is 8.00. The molecule has 0 radical (unpaired) electrons. The first-order chi connectivity index (χ1) is 10.2. The average Bonchev–Trinajstić information content (AvgIpc) is 2.49. The quantitative estimate of drug-likeness (QED) is 0.646. The molecule has 1 aliphatic rings. The number of rotatable bonds is 6. The Balaban J connectivity index is 1.84. The highest BCUT2D eigenvalue weighted by atomic mass is 32.2. The van der Waals surface area contributed by atoms with Crippen molar-refractivity contribution in [1.82, 2.24) is 4.90 Å². The first-order valence-electron chi connectivity index (χ1n) is 7.21. The summed E-state index contributed by atoms with van der Waals surface area (Å²) in [6.45, 7) is 7.94. The summed E-state index contributed by atoms with van der Waals surface area (Å²) in [5, 5.41) is 2.92. The number of nitrogens with zero attached hydrogens (tertiary/aromatic N) is 2. The third-order valence-electron chi connectivity index (χ3n) is 3.49. The second-order valence-corrected chi connectivity index (χ2v) is 6.22. The van der Waals surface area contributed by atoms with Gasteiger partial charge in [-0.15, -0.1) is 18.3 Å². The van der Waals surface area contributed by atoms with Crippen molar-refractivity contribution in [2.24, 2.45) is 0 Å². The van der Waals surface area contributed by atoms with Crippen LogP contribution in [0.5, 0.6) is 0 Å². The summed E-state index contributed by atoms with van der Waals surface area (Å²) in [4.78, 5) is 16.4. The zero-order valence-electron chi connectivity index (χ0n) is 12.5. The maximum Gasteiger partial charge on any atom is 0.234 e. The van der Waals surface area contributed by atoms with E-state index >= 15 is 0 Å². The number of benzene rings is 1. The molecule has 0 aromatic heterocycles. The van der Waals surface area contributed by atoms with Crippen molar-refractivity contribution in [2.45, 2.75) is 0 Å². The van der Waals surface area contributed by atoms with E-state index in [2.05, 4.69) is 40.9 Å². The van der Waals surface area contributed by atoms with Crippen LogP contribution in [0, 0.1) is 0 Å². The van der Waals surface area contributed by atoms with Crippen LogP contribution in [0.1, 0.15) is 0 Å². The number of hydrogen-bond donors (Lipinski definition) is 1. The smallest absolute Gasteiger partial charge is 0.234 e. The van der Waals surface area contributed by atoms with Crippen LogP contribution >= 0.6 is 11.8 Å². The number of anilines is 2. The lowest BCUT2D eigenvalue weighted by Crippen LogP contribution is -2.44. The van der Waals surface area contributed by atoms with Crippen LogP contribution in [0.4, 0.5) is 11.4 Å². The van der Waals surface area contributed by atoms with E-state index in [1.54, 1.807) is 11.8 Å². The zero-order valence-corrected chi connectivity index (χ0v) is 13.4. The summed E-state index contributed by atoms with van der Waals surface area (Å²) >= 11 is 1.56. The third-order valence-corrected chi connectivity index (χ3v) is 4.43. The molecule has 0 bridgehead atoms. The van der Waals surface area contributed by atoms with Crippen molar-refractivity contribution in [1.29, 1.82) is 0 Å². The van der Waals surface area contributed by atoms with Gasteiger partial charge in [0.2, 0.25) is 5.91 Å². The van der Waals surface area contributed by atoms with E-state index in [9.17, 15) is 4.79 Å². The summed E-state index contributed by atoms with van der Waals surface area (Å²) in [6.07, 6.45) is 1.81. The normalized spacial score (nSPS) is 15.8. The summed E-state index contributed by atoms with van der Waals surface area (Å²) in [5.41, 5.74) is 2.08. The molecule has 0 atom stereocenters. The number of thioether (sulfide) groups is 1. The SMILES string of the molecule is C=CCSCC(=O)Nc1ccc(N2CCN(C)CC2)cc1. The summed E-state index contributed by atoms with van der Waals surface area (Å²) in [5.74, 6) is 1.30. The third kappa shape index (κ3) is 5.10. The maximum atomic E-state index is 11.7. The fraction of sp³-hybridized carbons (Fsp3) is 0.438. The van der Waals surface area contributed by atoms with Gasteiger partial charge >= 0.3 is 0 Å². The van der Waals surface area contributed by atoms with Gasteiger partial charge in [0.25, 0.3) is 0 Å². The number of piperazine rings is 1. The number of carbonyl (C=O) groups excluding carboxylic acids is 1. The van der Waals surface area contributed by atoms with Crippen LogP contribution < -0.4 is 10.2 Å². The van der Waals surface area contributed by atoms with Gasteiger partial charge < -0.3 is 15.1 Å². The first kappa shape index (κ1) is 15.9. The van der Waals surface area contributed by atoms with Crippen LogP contribution in [0.15, 0.2) is 36.9 Å². The molecule has 1 saturated heterocycles. The highest BCUT2D eigenvalue weighted by Gasteiger charge is 2.14. The van der Waals surface area contributed by atoms with Gasteiger partial charge in [0, 0.05) is 43.3 Å². The second kappa shape index (κ2) is 8.10. The zero-order chi connectivity index (χ0) is 15.1. The molecule has 0 spiro atoms. The molecular formula is C16H23N3OS. The topological polar surface area (TPSA) is 35.6 Å². The summed E-state index contributed by atoms with van der Waals surface area (Å²) in [6, 6.07) is 8.11. The molecular weight excluding hydrogens is 282 g/mol. The molecule has 1 heterocycles. The van der Waals surface area contributed by atoms with E-state index in [0.29, 0.717) is 5.75 Å².